The van der Waals surface area contributed by atoms with Gasteiger partial charge in [-0.25, -0.2) is 4.68 Å². The Morgan fingerprint density at radius 3 is 2.89 bits per heavy atom. The molecular formula is C4H9BN4. The summed E-state index contributed by atoms with van der Waals surface area (Å²) >= 11 is 0. The minimum absolute atomic E-state index is 0.410. The average molecular weight is 124 g/mol. The van der Waals surface area contributed by atoms with Gasteiger partial charge in [-0.05, 0) is 6.32 Å². The van der Waals surface area contributed by atoms with Crippen LogP contribution in [0.25, 0.3) is 0 Å². The van der Waals surface area contributed by atoms with E-state index >= 15 is 0 Å². The van der Waals surface area contributed by atoms with Gasteiger partial charge >= 0.3 is 0 Å². The Hall–Kier alpha value is -0.835. The molecule has 1 heterocycles. The van der Waals surface area contributed by atoms with Gasteiger partial charge in [-0.1, -0.05) is 5.21 Å². The third-order valence-corrected chi connectivity index (χ3v) is 1.14. The minimum atomic E-state index is 0.410. The standard InChI is InChI=1S/C4H9BN4/c5-1-4-2-9(3-6)8-7-4/h2H,1,3,5-6H2. The second-order valence-corrected chi connectivity index (χ2v) is 1.79. The summed E-state index contributed by atoms with van der Waals surface area (Å²) in [5.41, 5.74) is 6.26. The van der Waals surface area contributed by atoms with E-state index in [9.17, 15) is 0 Å². The van der Waals surface area contributed by atoms with Crippen LogP contribution in [0.15, 0.2) is 6.20 Å². The van der Waals surface area contributed by atoms with E-state index in [-0.39, 0.29) is 0 Å². The van der Waals surface area contributed by atoms with Crippen molar-refractivity contribution in [3.8, 4) is 0 Å². The SMILES string of the molecule is BCc1cn(CN)nn1. The Labute approximate surface area is 54.4 Å². The Morgan fingerprint density at radius 1 is 1.78 bits per heavy atom. The fourth-order valence-corrected chi connectivity index (χ4v) is 0.590. The van der Waals surface area contributed by atoms with Gasteiger partial charge in [0.2, 0.25) is 0 Å². The van der Waals surface area contributed by atoms with E-state index in [4.69, 9.17) is 5.73 Å². The Balaban J connectivity index is 2.74. The van der Waals surface area contributed by atoms with Crippen molar-refractivity contribution in [1.82, 2.24) is 15.0 Å². The van der Waals surface area contributed by atoms with Crippen LogP contribution in [0.1, 0.15) is 5.69 Å². The molecule has 0 aliphatic heterocycles. The van der Waals surface area contributed by atoms with Crippen molar-refractivity contribution in [1.29, 1.82) is 0 Å². The fraction of sp³-hybridized carbons (Fsp3) is 0.500. The molecule has 0 radical (unpaired) electrons. The van der Waals surface area contributed by atoms with Crippen molar-refractivity contribution in [2.75, 3.05) is 0 Å². The van der Waals surface area contributed by atoms with Crippen molar-refractivity contribution in [2.24, 2.45) is 5.73 Å². The van der Waals surface area contributed by atoms with Crippen LogP contribution in [-0.4, -0.2) is 22.8 Å². The molecule has 9 heavy (non-hydrogen) atoms. The molecule has 0 atom stereocenters. The molecule has 4 nitrogen and oxygen atoms in total. The first-order valence-electron chi connectivity index (χ1n) is 2.96. The minimum Gasteiger partial charge on any atom is -0.312 e. The largest absolute Gasteiger partial charge is 0.312 e. The highest BCUT2D eigenvalue weighted by molar-refractivity contribution is 6.08. The van der Waals surface area contributed by atoms with Gasteiger partial charge in [0, 0.05) is 6.20 Å². The summed E-state index contributed by atoms with van der Waals surface area (Å²) in [5, 5.41) is 7.59. The molecule has 0 bridgehead atoms. The lowest BCUT2D eigenvalue weighted by atomic mass is 10.0. The maximum absolute atomic E-state index is 5.28. The van der Waals surface area contributed by atoms with Crippen molar-refractivity contribution in [2.45, 2.75) is 13.0 Å². The van der Waals surface area contributed by atoms with Crippen molar-refractivity contribution >= 4 is 7.85 Å². The monoisotopic (exact) mass is 124 g/mol. The van der Waals surface area contributed by atoms with Crippen LogP contribution >= 0.6 is 0 Å². The second-order valence-electron chi connectivity index (χ2n) is 1.79. The maximum atomic E-state index is 5.28. The van der Waals surface area contributed by atoms with E-state index in [0.717, 1.165) is 12.0 Å². The van der Waals surface area contributed by atoms with E-state index in [1.807, 2.05) is 14.0 Å². The molecule has 0 aliphatic carbocycles. The predicted molar refractivity (Wildman–Crippen MR) is 36.5 cm³/mol. The molecule has 1 rings (SSSR count). The van der Waals surface area contributed by atoms with Gasteiger partial charge in [-0.2, -0.15) is 0 Å². The van der Waals surface area contributed by atoms with Crippen molar-refractivity contribution in [3.05, 3.63) is 11.9 Å². The van der Waals surface area contributed by atoms with Gasteiger partial charge < -0.3 is 5.73 Å². The van der Waals surface area contributed by atoms with Crippen molar-refractivity contribution < 1.29 is 0 Å². The van der Waals surface area contributed by atoms with Crippen LogP contribution in [-0.2, 0) is 13.0 Å². The Morgan fingerprint density at radius 2 is 2.56 bits per heavy atom. The summed E-state index contributed by atoms with van der Waals surface area (Å²) in [6, 6.07) is 0. The van der Waals surface area contributed by atoms with Crippen LogP contribution in [0.4, 0.5) is 0 Å². The first kappa shape index (κ1) is 6.29. The number of nitrogens with zero attached hydrogens (tertiary/aromatic N) is 3. The molecule has 1 aromatic rings. The molecule has 0 aliphatic rings. The van der Waals surface area contributed by atoms with E-state index < -0.39 is 0 Å². The molecule has 48 valence electrons. The fourth-order valence-electron chi connectivity index (χ4n) is 0.590. The molecule has 0 aromatic carbocycles. The molecule has 1 aromatic heterocycles. The molecular weight excluding hydrogens is 115 g/mol. The third-order valence-electron chi connectivity index (χ3n) is 1.14. The van der Waals surface area contributed by atoms with Crippen LogP contribution in [0.3, 0.4) is 0 Å². The number of hydrogen-bond acceptors (Lipinski definition) is 3. The van der Waals surface area contributed by atoms with Gasteiger partial charge in [-0.3, -0.25) is 0 Å². The van der Waals surface area contributed by atoms with Crippen molar-refractivity contribution in [3.63, 3.8) is 0 Å². The molecule has 0 fully saturated rings. The molecule has 5 heteroatoms. The quantitative estimate of drug-likeness (QED) is 0.479. The zero-order valence-corrected chi connectivity index (χ0v) is 5.41. The van der Waals surface area contributed by atoms with Gasteiger partial charge in [0.25, 0.3) is 0 Å². The first-order valence-corrected chi connectivity index (χ1v) is 2.96. The van der Waals surface area contributed by atoms with E-state index in [2.05, 4.69) is 10.3 Å². The Bertz CT molecular complexity index is 166. The highest BCUT2D eigenvalue weighted by Gasteiger charge is 1.93. The second kappa shape index (κ2) is 2.64. The summed E-state index contributed by atoms with van der Waals surface area (Å²) in [5.74, 6) is 0. The highest BCUT2D eigenvalue weighted by Crippen LogP contribution is 1.88. The third kappa shape index (κ3) is 1.29. The lowest BCUT2D eigenvalue weighted by Gasteiger charge is -1.86. The summed E-state index contributed by atoms with van der Waals surface area (Å²) in [7, 11) is 2.03. The van der Waals surface area contributed by atoms with Gasteiger partial charge in [-0.15, -0.1) is 5.10 Å². The molecule has 2 N–H and O–H groups in total. The first-order chi connectivity index (χ1) is 4.36. The number of aromatic nitrogens is 3. The lowest BCUT2D eigenvalue weighted by molar-refractivity contribution is 0.608. The van der Waals surface area contributed by atoms with E-state index in [1.165, 1.54) is 0 Å². The van der Waals surface area contributed by atoms with E-state index in [0.29, 0.717) is 6.67 Å². The Kier molecular flexibility index (Phi) is 1.84. The zero-order valence-electron chi connectivity index (χ0n) is 5.41. The van der Waals surface area contributed by atoms with Gasteiger partial charge in [0.05, 0.1) is 12.4 Å². The average Bonchev–Trinajstić information content (AvgIpc) is 2.34. The summed E-state index contributed by atoms with van der Waals surface area (Å²) in [6.07, 6.45) is 2.76. The molecule has 0 spiro atoms. The summed E-state index contributed by atoms with van der Waals surface area (Å²) < 4.78 is 1.61. The topological polar surface area (TPSA) is 56.7 Å². The highest BCUT2D eigenvalue weighted by atomic mass is 15.4. The summed E-state index contributed by atoms with van der Waals surface area (Å²) in [6.45, 7) is 0.410. The zero-order chi connectivity index (χ0) is 6.69. The van der Waals surface area contributed by atoms with Crippen LogP contribution in [0, 0.1) is 0 Å². The number of hydrogen-bond donors (Lipinski definition) is 1. The lowest BCUT2D eigenvalue weighted by Crippen LogP contribution is -2.06. The van der Waals surface area contributed by atoms with Crippen LogP contribution in [0.2, 0.25) is 0 Å². The van der Waals surface area contributed by atoms with Crippen LogP contribution < -0.4 is 5.73 Å². The number of nitrogens with two attached hydrogens (primary N) is 1. The molecule has 0 saturated carbocycles. The maximum Gasteiger partial charge on any atom is 0.109 e. The smallest absolute Gasteiger partial charge is 0.109 e. The normalized spacial score (nSPS) is 9.89. The van der Waals surface area contributed by atoms with Gasteiger partial charge in [0.1, 0.15) is 7.85 Å². The van der Waals surface area contributed by atoms with Gasteiger partial charge in [0.15, 0.2) is 0 Å². The molecule has 0 unspecified atom stereocenters. The van der Waals surface area contributed by atoms with Crippen LogP contribution in [0.5, 0.6) is 0 Å². The molecule has 0 amide bonds. The molecule has 0 saturated heterocycles. The predicted octanol–water partition coefficient (Wildman–Crippen LogP) is -1.67. The summed E-state index contributed by atoms with van der Waals surface area (Å²) in [4.78, 5) is 0. The number of rotatable bonds is 2. The van der Waals surface area contributed by atoms with E-state index in [1.54, 1.807) is 4.68 Å².